The number of nitrogens with one attached hydrogen (secondary N) is 2. The number of rotatable bonds is 3. The number of nitrogens with zero attached hydrogens (tertiary/aromatic N) is 2. The van der Waals surface area contributed by atoms with E-state index in [1.807, 2.05) is 23.1 Å². The number of hydrogen-bond acceptors (Lipinski definition) is 4. The van der Waals surface area contributed by atoms with Gasteiger partial charge in [-0.1, -0.05) is 12.1 Å². The van der Waals surface area contributed by atoms with Gasteiger partial charge in [-0.15, -0.1) is 0 Å². The van der Waals surface area contributed by atoms with Crippen molar-refractivity contribution < 1.29 is 14.3 Å². The highest BCUT2D eigenvalue weighted by Crippen LogP contribution is 2.38. The number of aromatic amines is 1. The Balaban J connectivity index is 1.52. The molecule has 0 unspecified atom stereocenters. The summed E-state index contributed by atoms with van der Waals surface area (Å²) in [5.41, 5.74) is 1.46. The second-order valence-corrected chi connectivity index (χ2v) is 7.42. The molecule has 1 aromatic heterocycles. The number of aromatic nitrogens is 2. The molecule has 2 heterocycles. The van der Waals surface area contributed by atoms with Gasteiger partial charge >= 0.3 is 0 Å². The topological polar surface area (TPSA) is 87.3 Å². The number of ether oxygens (including phenoxy) is 1. The highest BCUT2D eigenvalue weighted by atomic mass is 16.5. The summed E-state index contributed by atoms with van der Waals surface area (Å²) in [6, 6.07) is 5.70. The maximum Gasteiger partial charge on any atom is 0.256 e. The molecule has 2 amide bonds. The minimum absolute atomic E-state index is 0.00578. The number of carbonyl (C=O) groups is 2. The predicted molar refractivity (Wildman–Crippen MR) is 96.6 cm³/mol. The SMILES string of the molecule is CO[C@@H]1C[C@H]2CN(C(=O)c3cccc4cn[nH]c34)C[C@H]2C[C@H]1NC(C)=O. The fraction of sp³-hybridized carbons (Fsp3) is 0.526. The van der Waals surface area contributed by atoms with E-state index in [1.54, 1.807) is 13.3 Å². The zero-order valence-electron chi connectivity index (χ0n) is 15.1. The third kappa shape index (κ3) is 2.96. The van der Waals surface area contributed by atoms with Crippen molar-refractivity contribution in [2.75, 3.05) is 20.2 Å². The van der Waals surface area contributed by atoms with Gasteiger partial charge in [0.2, 0.25) is 5.91 Å². The normalized spacial score (nSPS) is 28.2. The average molecular weight is 356 g/mol. The molecule has 7 nitrogen and oxygen atoms in total. The third-order valence-electron chi connectivity index (χ3n) is 5.80. The van der Waals surface area contributed by atoms with Crippen LogP contribution in [0.3, 0.4) is 0 Å². The molecule has 0 spiro atoms. The highest BCUT2D eigenvalue weighted by molar-refractivity contribution is 6.05. The van der Waals surface area contributed by atoms with Crippen LogP contribution in [0.5, 0.6) is 0 Å². The maximum absolute atomic E-state index is 13.1. The van der Waals surface area contributed by atoms with E-state index in [9.17, 15) is 9.59 Å². The summed E-state index contributed by atoms with van der Waals surface area (Å²) in [7, 11) is 1.69. The van der Waals surface area contributed by atoms with E-state index in [0.717, 1.165) is 36.8 Å². The first-order valence-electron chi connectivity index (χ1n) is 9.08. The number of fused-ring (bicyclic) bond motifs is 2. The summed E-state index contributed by atoms with van der Waals surface area (Å²) in [4.78, 5) is 26.5. The molecule has 1 aliphatic carbocycles. The molecule has 4 rings (SSSR count). The van der Waals surface area contributed by atoms with Crippen LogP contribution < -0.4 is 5.32 Å². The van der Waals surface area contributed by atoms with Gasteiger partial charge in [-0.3, -0.25) is 14.7 Å². The van der Waals surface area contributed by atoms with E-state index in [4.69, 9.17) is 4.74 Å². The molecule has 26 heavy (non-hydrogen) atoms. The molecular formula is C19H24N4O3. The Morgan fingerprint density at radius 3 is 2.77 bits per heavy atom. The van der Waals surface area contributed by atoms with E-state index in [1.165, 1.54) is 6.92 Å². The Morgan fingerprint density at radius 2 is 2.04 bits per heavy atom. The number of carbonyl (C=O) groups excluding carboxylic acids is 2. The van der Waals surface area contributed by atoms with Crippen LogP contribution in [0.4, 0.5) is 0 Å². The van der Waals surface area contributed by atoms with Crippen LogP contribution in [0.2, 0.25) is 0 Å². The lowest BCUT2D eigenvalue weighted by atomic mass is 9.77. The van der Waals surface area contributed by atoms with Crippen molar-refractivity contribution in [3.8, 4) is 0 Å². The number of H-pyrrole nitrogens is 1. The van der Waals surface area contributed by atoms with Gasteiger partial charge in [-0.05, 0) is 30.7 Å². The highest BCUT2D eigenvalue weighted by Gasteiger charge is 2.44. The van der Waals surface area contributed by atoms with Crippen molar-refractivity contribution >= 4 is 22.7 Å². The molecule has 1 saturated heterocycles. The number of likely N-dealkylation sites (tertiary alicyclic amines) is 1. The minimum Gasteiger partial charge on any atom is -0.379 e. The van der Waals surface area contributed by atoms with Crippen molar-refractivity contribution in [3.05, 3.63) is 30.0 Å². The van der Waals surface area contributed by atoms with E-state index in [-0.39, 0.29) is 24.0 Å². The summed E-state index contributed by atoms with van der Waals surface area (Å²) < 4.78 is 5.61. The lowest BCUT2D eigenvalue weighted by molar-refractivity contribution is -0.121. The van der Waals surface area contributed by atoms with Gasteiger partial charge in [-0.25, -0.2) is 0 Å². The van der Waals surface area contributed by atoms with Crippen LogP contribution in [0.1, 0.15) is 30.1 Å². The Kier molecular flexibility index (Phi) is 4.40. The Bertz CT molecular complexity index is 833. The first-order valence-corrected chi connectivity index (χ1v) is 9.08. The lowest BCUT2D eigenvalue weighted by Gasteiger charge is -2.37. The van der Waals surface area contributed by atoms with E-state index >= 15 is 0 Å². The van der Waals surface area contributed by atoms with Crippen LogP contribution in [0.15, 0.2) is 24.4 Å². The Labute approximate surface area is 152 Å². The van der Waals surface area contributed by atoms with Crippen molar-refractivity contribution in [2.45, 2.75) is 31.9 Å². The predicted octanol–water partition coefficient (Wildman–Crippen LogP) is 1.56. The minimum atomic E-state index is -0.0349. The van der Waals surface area contributed by atoms with Gasteiger partial charge < -0.3 is 15.0 Å². The van der Waals surface area contributed by atoms with Crippen molar-refractivity contribution in [3.63, 3.8) is 0 Å². The van der Waals surface area contributed by atoms with Crippen LogP contribution in [-0.2, 0) is 9.53 Å². The largest absolute Gasteiger partial charge is 0.379 e. The smallest absolute Gasteiger partial charge is 0.256 e. The second-order valence-electron chi connectivity index (χ2n) is 7.42. The number of methoxy groups -OCH3 is 1. The number of benzene rings is 1. The molecule has 2 N–H and O–H groups in total. The maximum atomic E-state index is 13.1. The molecule has 0 radical (unpaired) electrons. The van der Waals surface area contributed by atoms with Gasteiger partial charge in [0.15, 0.2) is 0 Å². The molecule has 2 fully saturated rings. The Hall–Kier alpha value is -2.41. The van der Waals surface area contributed by atoms with Crippen LogP contribution in [-0.4, -0.2) is 59.3 Å². The zero-order chi connectivity index (χ0) is 18.3. The summed E-state index contributed by atoms with van der Waals surface area (Å²) in [5, 5.41) is 10.9. The summed E-state index contributed by atoms with van der Waals surface area (Å²) in [6.45, 7) is 3.00. The van der Waals surface area contributed by atoms with E-state index < -0.39 is 0 Å². The lowest BCUT2D eigenvalue weighted by Crippen LogP contribution is -2.49. The standard InChI is InChI=1S/C19H24N4O3/c1-11(24)21-16-6-13-9-23(10-14(13)7-17(16)26-2)19(25)15-5-3-4-12-8-20-22-18(12)15/h3-5,8,13-14,16-17H,6-7,9-10H2,1-2H3,(H,20,22)(H,21,24)/t13-,14+,16-,17-/m1/s1. The molecule has 7 heteroatoms. The molecule has 4 atom stereocenters. The van der Waals surface area contributed by atoms with Gasteiger partial charge in [0.25, 0.3) is 5.91 Å². The van der Waals surface area contributed by atoms with Crippen LogP contribution >= 0.6 is 0 Å². The van der Waals surface area contributed by atoms with Crippen molar-refractivity contribution in [1.29, 1.82) is 0 Å². The first kappa shape index (κ1) is 17.0. The number of amides is 2. The van der Waals surface area contributed by atoms with E-state index in [2.05, 4.69) is 15.5 Å². The molecule has 1 aliphatic heterocycles. The number of para-hydroxylation sites is 1. The zero-order valence-corrected chi connectivity index (χ0v) is 15.1. The molecule has 2 aromatic rings. The quantitative estimate of drug-likeness (QED) is 0.874. The van der Waals surface area contributed by atoms with Crippen molar-refractivity contribution in [1.82, 2.24) is 20.4 Å². The first-order chi connectivity index (χ1) is 12.6. The average Bonchev–Trinajstić information content (AvgIpc) is 3.25. The molecule has 2 aliphatic rings. The van der Waals surface area contributed by atoms with E-state index in [0.29, 0.717) is 17.4 Å². The number of hydrogen-bond donors (Lipinski definition) is 2. The van der Waals surface area contributed by atoms with Crippen LogP contribution in [0.25, 0.3) is 10.9 Å². The Morgan fingerprint density at radius 1 is 1.27 bits per heavy atom. The monoisotopic (exact) mass is 356 g/mol. The fourth-order valence-corrected chi connectivity index (χ4v) is 4.57. The second kappa shape index (κ2) is 6.72. The van der Waals surface area contributed by atoms with Crippen LogP contribution in [0, 0.1) is 11.8 Å². The fourth-order valence-electron chi connectivity index (χ4n) is 4.57. The molecule has 138 valence electrons. The summed E-state index contributed by atoms with van der Waals surface area (Å²) >= 11 is 0. The molecular weight excluding hydrogens is 332 g/mol. The van der Waals surface area contributed by atoms with Gasteiger partial charge in [0, 0.05) is 32.5 Å². The van der Waals surface area contributed by atoms with Gasteiger partial charge in [0.05, 0.1) is 29.4 Å². The summed E-state index contributed by atoms with van der Waals surface area (Å²) in [6.07, 6.45) is 3.45. The van der Waals surface area contributed by atoms with Crippen molar-refractivity contribution in [2.24, 2.45) is 11.8 Å². The van der Waals surface area contributed by atoms with Gasteiger partial charge in [0.1, 0.15) is 0 Å². The molecule has 0 bridgehead atoms. The summed E-state index contributed by atoms with van der Waals surface area (Å²) in [5.74, 6) is 0.810. The molecule has 1 aromatic carbocycles. The third-order valence-corrected chi connectivity index (χ3v) is 5.80. The van der Waals surface area contributed by atoms with Gasteiger partial charge in [-0.2, -0.15) is 5.10 Å². The molecule has 1 saturated carbocycles.